The van der Waals surface area contributed by atoms with Crippen LogP contribution in [0.2, 0.25) is 0 Å². The first kappa shape index (κ1) is 10.9. The van der Waals surface area contributed by atoms with Gasteiger partial charge in [0.25, 0.3) is 0 Å². The second-order valence-electron chi connectivity index (χ2n) is 4.60. The Morgan fingerprint density at radius 2 is 2.13 bits per heavy atom. The largest absolute Gasteiger partial charge is 0.339 e. The van der Waals surface area contributed by atoms with Gasteiger partial charge in [-0.15, -0.1) is 11.6 Å². The van der Waals surface area contributed by atoms with Crippen molar-refractivity contribution in [2.45, 2.75) is 56.7 Å². The number of alkyl halides is 1. The van der Waals surface area contributed by atoms with Crippen LogP contribution in [0.5, 0.6) is 0 Å². The average Bonchev–Trinajstić information content (AvgIpc) is 2.85. The number of nitrogens with zero attached hydrogens (tertiary/aromatic N) is 2. The lowest BCUT2D eigenvalue weighted by Gasteiger charge is -2.16. The molecule has 1 aliphatic carbocycles. The van der Waals surface area contributed by atoms with Crippen molar-refractivity contribution >= 4 is 11.6 Å². The summed E-state index contributed by atoms with van der Waals surface area (Å²) >= 11 is 6.07. The normalized spacial score (nSPS) is 21.8. The summed E-state index contributed by atoms with van der Waals surface area (Å²) in [5.74, 6) is 1.41. The molecule has 1 heterocycles. The summed E-state index contributed by atoms with van der Waals surface area (Å²) in [4.78, 5) is 4.43. The van der Waals surface area contributed by atoms with E-state index in [9.17, 15) is 0 Å². The van der Waals surface area contributed by atoms with Gasteiger partial charge < -0.3 is 4.52 Å². The third-order valence-corrected chi connectivity index (χ3v) is 3.81. The highest BCUT2D eigenvalue weighted by Gasteiger charge is 2.36. The maximum atomic E-state index is 6.07. The molecule has 0 radical (unpaired) electrons. The fraction of sp³-hybridized carbons (Fsp3) is 0.818. The molecule has 1 aliphatic rings. The molecular weight excluding hydrogens is 212 g/mol. The van der Waals surface area contributed by atoms with Crippen LogP contribution in [-0.2, 0) is 5.41 Å². The third-order valence-electron chi connectivity index (χ3n) is 3.30. The lowest BCUT2D eigenvalue weighted by Crippen LogP contribution is -2.17. The minimum Gasteiger partial charge on any atom is -0.339 e. The molecule has 0 amide bonds. The molecule has 1 fully saturated rings. The summed E-state index contributed by atoms with van der Waals surface area (Å²) in [7, 11) is 0. The van der Waals surface area contributed by atoms with E-state index in [4.69, 9.17) is 16.1 Å². The molecule has 1 aromatic rings. The Kier molecular flexibility index (Phi) is 3.01. The van der Waals surface area contributed by atoms with E-state index in [2.05, 4.69) is 17.1 Å². The molecule has 1 atom stereocenters. The van der Waals surface area contributed by atoms with E-state index in [1.165, 1.54) is 12.8 Å². The van der Waals surface area contributed by atoms with Crippen molar-refractivity contribution < 1.29 is 4.52 Å². The number of hydrogen-bond donors (Lipinski definition) is 0. The van der Waals surface area contributed by atoms with Crippen molar-refractivity contribution in [3.05, 3.63) is 11.7 Å². The van der Waals surface area contributed by atoms with Crippen molar-refractivity contribution in [2.24, 2.45) is 0 Å². The highest BCUT2D eigenvalue weighted by Crippen LogP contribution is 2.40. The van der Waals surface area contributed by atoms with Crippen LogP contribution in [0, 0.1) is 0 Å². The minimum absolute atomic E-state index is 0.0929. The van der Waals surface area contributed by atoms with E-state index in [0.29, 0.717) is 5.82 Å². The zero-order chi connectivity index (χ0) is 10.9. The summed E-state index contributed by atoms with van der Waals surface area (Å²) in [6, 6.07) is 0. The average molecular weight is 229 g/mol. The van der Waals surface area contributed by atoms with Crippen LogP contribution in [0.15, 0.2) is 4.52 Å². The van der Waals surface area contributed by atoms with Gasteiger partial charge in [-0.05, 0) is 19.3 Å². The Hall–Kier alpha value is -0.570. The summed E-state index contributed by atoms with van der Waals surface area (Å²) in [6.45, 7) is 4.22. The SMILES string of the molecule is CCC(Cl)c1noc(C2(C)CCCC2)n1. The van der Waals surface area contributed by atoms with Gasteiger partial charge in [-0.25, -0.2) is 0 Å². The van der Waals surface area contributed by atoms with E-state index in [-0.39, 0.29) is 10.8 Å². The molecule has 0 spiro atoms. The predicted molar refractivity (Wildman–Crippen MR) is 59.0 cm³/mol. The van der Waals surface area contributed by atoms with Crippen LogP contribution in [0.1, 0.15) is 63.0 Å². The van der Waals surface area contributed by atoms with Crippen molar-refractivity contribution in [3.63, 3.8) is 0 Å². The van der Waals surface area contributed by atoms with E-state index < -0.39 is 0 Å². The second-order valence-corrected chi connectivity index (χ2v) is 5.13. The molecule has 1 aromatic heterocycles. The van der Waals surface area contributed by atoms with Gasteiger partial charge >= 0.3 is 0 Å². The smallest absolute Gasteiger partial charge is 0.232 e. The van der Waals surface area contributed by atoms with Crippen LogP contribution in [0.3, 0.4) is 0 Å². The molecule has 2 rings (SSSR count). The molecule has 1 unspecified atom stereocenters. The molecule has 0 aromatic carbocycles. The van der Waals surface area contributed by atoms with E-state index >= 15 is 0 Å². The van der Waals surface area contributed by atoms with Gasteiger partial charge in [0, 0.05) is 5.41 Å². The lowest BCUT2D eigenvalue weighted by atomic mass is 9.89. The first-order valence-corrected chi connectivity index (χ1v) is 6.07. The Morgan fingerprint density at radius 1 is 1.47 bits per heavy atom. The molecule has 3 nitrogen and oxygen atoms in total. The predicted octanol–water partition coefficient (Wildman–Crippen LogP) is 3.59. The fourth-order valence-electron chi connectivity index (χ4n) is 2.16. The monoisotopic (exact) mass is 228 g/mol. The number of rotatable bonds is 3. The van der Waals surface area contributed by atoms with Gasteiger partial charge in [-0.1, -0.05) is 31.8 Å². The quantitative estimate of drug-likeness (QED) is 0.743. The van der Waals surface area contributed by atoms with Gasteiger partial charge in [0.05, 0.1) is 5.38 Å². The summed E-state index contributed by atoms with van der Waals surface area (Å²) < 4.78 is 5.33. The Morgan fingerprint density at radius 3 is 2.73 bits per heavy atom. The Balaban J connectivity index is 2.19. The lowest BCUT2D eigenvalue weighted by molar-refractivity contribution is 0.294. The Labute approximate surface area is 95.2 Å². The van der Waals surface area contributed by atoms with E-state index in [1.807, 2.05) is 6.92 Å². The maximum absolute atomic E-state index is 6.07. The second kappa shape index (κ2) is 4.12. The molecular formula is C11H17ClN2O. The highest BCUT2D eigenvalue weighted by atomic mass is 35.5. The van der Waals surface area contributed by atoms with Crippen LogP contribution in [0.4, 0.5) is 0 Å². The van der Waals surface area contributed by atoms with Gasteiger partial charge in [0.15, 0.2) is 5.82 Å². The van der Waals surface area contributed by atoms with Gasteiger partial charge in [0.1, 0.15) is 0 Å². The third kappa shape index (κ3) is 2.03. The zero-order valence-electron chi connectivity index (χ0n) is 9.29. The molecule has 0 N–H and O–H groups in total. The van der Waals surface area contributed by atoms with E-state index in [0.717, 1.165) is 25.2 Å². The van der Waals surface area contributed by atoms with Crippen molar-refractivity contribution in [3.8, 4) is 0 Å². The molecule has 0 aliphatic heterocycles. The molecule has 1 saturated carbocycles. The van der Waals surface area contributed by atoms with Gasteiger partial charge in [0.2, 0.25) is 5.89 Å². The molecule has 4 heteroatoms. The standard InChI is InChI=1S/C11H17ClN2O/c1-3-8(12)9-13-10(15-14-9)11(2)6-4-5-7-11/h8H,3-7H2,1-2H3. The topological polar surface area (TPSA) is 38.9 Å². The fourth-order valence-corrected chi connectivity index (χ4v) is 2.25. The van der Waals surface area contributed by atoms with Gasteiger partial charge in [-0.2, -0.15) is 4.98 Å². The van der Waals surface area contributed by atoms with Crippen LogP contribution in [0.25, 0.3) is 0 Å². The van der Waals surface area contributed by atoms with Crippen molar-refractivity contribution in [1.82, 2.24) is 10.1 Å². The maximum Gasteiger partial charge on any atom is 0.232 e. The van der Waals surface area contributed by atoms with E-state index in [1.54, 1.807) is 0 Å². The van der Waals surface area contributed by atoms with Crippen LogP contribution in [-0.4, -0.2) is 10.1 Å². The minimum atomic E-state index is -0.118. The molecule has 0 bridgehead atoms. The van der Waals surface area contributed by atoms with Crippen LogP contribution >= 0.6 is 11.6 Å². The van der Waals surface area contributed by atoms with Gasteiger partial charge in [-0.3, -0.25) is 0 Å². The Bertz CT molecular complexity index is 331. The number of hydrogen-bond acceptors (Lipinski definition) is 3. The zero-order valence-corrected chi connectivity index (χ0v) is 10.0. The summed E-state index contributed by atoms with van der Waals surface area (Å²) in [5, 5.41) is 3.84. The van der Waals surface area contributed by atoms with Crippen LogP contribution < -0.4 is 0 Å². The molecule has 84 valence electrons. The van der Waals surface area contributed by atoms with Crippen molar-refractivity contribution in [2.75, 3.05) is 0 Å². The first-order chi connectivity index (χ1) is 7.15. The highest BCUT2D eigenvalue weighted by molar-refractivity contribution is 6.20. The summed E-state index contributed by atoms with van der Waals surface area (Å²) in [6.07, 6.45) is 5.64. The first-order valence-electron chi connectivity index (χ1n) is 5.64. The molecule has 15 heavy (non-hydrogen) atoms. The summed E-state index contributed by atoms with van der Waals surface area (Å²) in [5.41, 5.74) is 0.0929. The number of aromatic nitrogens is 2. The van der Waals surface area contributed by atoms with Crippen molar-refractivity contribution in [1.29, 1.82) is 0 Å². The molecule has 0 saturated heterocycles. The number of halogens is 1.